The maximum absolute atomic E-state index is 12.5. The zero-order valence-electron chi connectivity index (χ0n) is 17.4. The first-order chi connectivity index (χ1) is 16.2. The highest BCUT2D eigenvalue weighted by atomic mass is 35.5. The van der Waals surface area contributed by atoms with Gasteiger partial charge in [0.1, 0.15) is 10.8 Å². The molecule has 3 aromatic rings. The van der Waals surface area contributed by atoms with Gasteiger partial charge in [-0.25, -0.2) is 4.79 Å². The number of ether oxygens (including phenoxy) is 2. The summed E-state index contributed by atoms with van der Waals surface area (Å²) < 4.78 is 11.1. The van der Waals surface area contributed by atoms with Gasteiger partial charge >= 0.3 is 6.03 Å². The molecular weight excluding hydrogens is 528 g/mol. The largest absolute Gasteiger partial charge is 0.477 e. The van der Waals surface area contributed by atoms with Crippen molar-refractivity contribution in [3.63, 3.8) is 0 Å². The van der Waals surface area contributed by atoms with Crippen molar-refractivity contribution in [2.24, 2.45) is 4.99 Å². The zero-order valence-corrected chi connectivity index (χ0v) is 20.4. The number of benzene rings is 3. The number of amides is 2. The quantitative estimate of drug-likeness (QED) is 0.147. The molecule has 3 aromatic carbocycles. The minimum Gasteiger partial charge on any atom is -0.477 e. The molecule has 0 fully saturated rings. The van der Waals surface area contributed by atoms with Crippen molar-refractivity contribution in [1.29, 1.82) is 0 Å². The molecule has 0 unspecified atom stereocenters. The molecule has 0 aliphatic rings. The van der Waals surface area contributed by atoms with Crippen molar-refractivity contribution >= 4 is 69.7 Å². The van der Waals surface area contributed by atoms with Gasteiger partial charge in [-0.2, -0.15) is 4.99 Å². The van der Waals surface area contributed by atoms with E-state index in [-0.39, 0.29) is 50.4 Å². The first kappa shape index (κ1) is 25.6. The average Bonchev–Trinajstić information content (AvgIpc) is 2.76. The van der Waals surface area contributed by atoms with Crippen molar-refractivity contribution in [2.45, 2.75) is 6.92 Å². The molecule has 0 aliphatic heterocycles. The molecule has 0 saturated heterocycles. The van der Waals surface area contributed by atoms with E-state index in [0.717, 1.165) is 0 Å². The summed E-state index contributed by atoms with van der Waals surface area (Å²) in [4.78, 5) is 26.7. The zero-order chi connectivity index (χ0) is 24.8. The number of nitrogens with one attached hydrogen (secondary N) is 1. The molecule has 0 saturated carbocycles. The highest BCUT2D eigenvalue weighted by Gasteiger charge is 2.17. The number of aliphatic imine (C=N–C) groups is 1. The number of anilines is 1. The summed E-state index contributed by atoms with van der Waals surface area (Å²) >= 11 is 24.6. The Kier molecular flexibility index (Phi) is 8.57. The fraction of sp³-hybridized carbons (Fsp3) is 0.0909. The molecule has 0 aliphatic carbocycles. The fourth-order valence-corrected chi connectivity index (χ4v) is 3.75. The number of hydrogen-bond acceptors (Lipinski definition) is 5. The minimum atomic E-state index is -0.744. The lowest BCUT2D eigenvalue weighted by molar-refractivity contribution is -0.384. The number of nitro benzene ring substituents is 1. The third-order valence-corrected chi connectivity index (χ3v) is 5.37. The van der Waals surface area contributed by atoms with Crippen LogP contribution in [-0.4, -0.2) is 23.5 Å². The smallest absolute Gasteiger partial charge is 0.348 e. The summed E-state index contributed by atoms with van der Waals surface area (Å²) in [5, 5.41) is 13.9. The average molecular weight is 543 g/mol. The number of nitrogens with zero attached hydrogens (tertiary/aromatic N) is 2. The summed E-state index contributed by atoms with van der Waals surface area (Å²) in [5.41, 5.74) is 0.434. The number of carbonyl (C=O) groups is 1. The van der Waals surface area contributed by atoms with E-state index >= 15 is 0 Å². The molecule has 0 radical (unpaired) electrons. The Morgan fingerprint density at radius 3 is 2.26 bits per heavy atom. The van der Waals surface area contributed by atoms with Gasteiger partial charge in [0.25, 0.3) is 5.69 Å². The number of urea groups is 1. The molecule has 0 bridgehead atoms. The van der Waals surface area contributed by atoms with Crippen molar-refractivity contribution < 1.29 is 19.2 Å². The summed E-state index contributed by atoms with van der Waals surface area (Å²) in [5.74, 6) is 0.306. The van der Waals surface area contributed by atoms with E-state index < -0.39 is 11.0 Å². The second kappa shape index (κ2) is 11.4. The molecule has 34 heavy (non-hydrogen) atoms. The Bertz CT molecular complexity index is 1260. The van der Waals surface area contributed by atoms with Gasteiger partial charge in [0.15, 0.2) is 5.75 Å². The van der Waals surface area contributed by atoms with Crippen LogP contribution in [-0.2, 0) is 4.74 Å². The Morgan fingerprint density at radius 2 is 1.68 bits per heavy atom. The Morgan fingerprint density at radius 1 is 1.00 bits per heavy atom. The Labute approximate surface area is 214 Å². The topological polar surface area (TPSA) is 103 Å². The predicted molar refractivity (Wildman–Crippen MR) is 133 cm³/mol. The van der Waals surface area contributed by atoms with Crippen molar-refractivity contribution in [3.8, 4) is 11.5 Å². The van der Waals surface area contributed by atoms with Crippen molar-refractivity contribution in [2.75, 3.05) is 11.9 Å². The molecule has 0 spiro atoms. The number of carbonyl (C=O) groups excluding carboxylic acids is 1. The van der Waals surface area contributed by atoms with Crippen LogP contribution in [0.3, 0.4) is 0 Å². The first-order valence-corrected chi connectivity index (χ1v) is 11.1. The van der Waals surface area contributed by atoms with Gasteiger partial charge < -0.3 is 14.8 Å². The number of hydrogen-bond donors (Lipinski definition) is 1. The summed E-state index contributed by atoms with van der Waals surface area (Å²) in [6.45, 7) is 2.02. The Hall–Kier alpha value is -3.04. The van der Waals surface area contributed by atoms with Crippen LogP contribution in [0.5, 0.6) is 11.5 Å². The SMILES string of the molecule is CCOC(=NC(=O)Nc1cc(Cl)c(Oc2ccc([N+](=O)[O-])c(Cl)c2)c(Cl)c1)c1ccccc1Cl. The lowest BCUT2D eigenvalue weighted by atomic mass is 10.2. The number of rotatable bonds is 6. The molecule has 0 aromatic heterocycles. The molecule has 0 atom stereocenters. The van der Waals surface area contributed by atoms with E-state index in [4.69, 9.17) is 55.9 Å². The standard InChI is InChI=1S/C22H15Cl4N3O5/c1-2-33-21(14-5-3-4-6-15(14)23)28-22(30)27-12-9-17(25)20(18(26)10-12)34-13-7-8-19(29(31)32)16(24)11-13/h3-11H,2H2,1H3,(H,27,30). The first-order valence-electron chi connectivity index (χ1n) is 9.57. The molecular formula is C22H15Cl4N3O5. The highest BCUT2D eigenvalue weighted by molar-refractivity contribution is 6.38. The lowest BCUT2D eigenvalue weighted by Gasteiger charge is -2.12. The lowest BCUT2D eigenvalue weighted by Crippen LogP contribution is -2.14. The van der Waals surface area contributed by atoms with E-state index in [0.29, 0.717) is 10.6 Å². The monoisotopic (exact) mass is 541 g/mol. The van der Waals surface area contributed by atoms with Gasteiger partial charge in [-0.3, -0.25) is 10.1 Å². The van der Waals surface area contributed by atoms with Gasteiger partial charge in [0.2, 0.25) is 5.90 Å². The molecule has 12 heteroatoms. The normalized spacial score (nSPS) is 11.1. The van der Waals surface area contributed by atoms with E-state index in [2.05, 4.69) is 10.3 Å². The van der Waals surface area contributed by atoms with Gasteiger partial charge in [0.05, 0.1) is 32.2 Å². The third-order valence-electron chi connectivity index (χ3n) is 4.17. The molecule has 1 N–H and O–H groups in total. The molecule has 176 valence electrons. The molecule has 3 rings (SSSR count). The van der Waals surface area contributed by atoms with Crippen LogP contribution < -0.4 is 10.1 Å². The van der Waals surface area contributed by atoms with Gasteiger partial charge in [0, 0.05) is 17.8 Å². The summed E-state index contributed by atoms with van der Waals surface area (Å²) in [6, 6.07) is 12.7. The van der Waals surface area contributed by atoms with Gasteiger partial charge in [-0.1, -0.05) is 58.5 Å². The van der Waals surface area contributed by atoms with E-state index in [1.165, 1.54) is 30.3 Å². The highest BCUT2D eigenvalue weighted by Crippen LogP contribution is 2.40. The van der Waals surface area contributed by atoms with Crippen LogP contribution in [0, 0.1) is 10.1 Å². The second-order valence-electron chi connectivity index (χ2n) is 6.50. The maximum Gasteiger partial charge on any atom is 0.348 e. The Balaban J connectivity index is 1.81. The van der Waals surface area contributed by atoms with Crippen LogP contribution in [0.1, 0.15) is 12.5 Å². The van der Waals surface area contributed by atoms with Crippen LogP contribution in [0.25, 0.3) is 0 Å². The molecule has 2 amide bonds. The van der Waals surface area contributed by atoms with Gasteiger partial charge in [-0.05, 0) is 37.3 Å². The summed E-state index contributed by atoms with van der Waals surface area (Å²) in [6.07, 6.45) is 0. The summed E-state index contributed by atoms with van der Waals surface area (Å²) in [7, 11) is 0. The number of nitro groups is 1. The van der Waals surface area contributed by atoms with E-state index in [9.17, 15) is 14.9 Å². The van der Waals surface area contributed by atoms with Crippen LogP contribution in [0.2, 0.25) is 20.1 Å². The van der Waals surface area contributed by atoms with Crippen molar-refractivity contribution in [3.05, 3.63) is 90.4 Å². The fourth-order valence-electron chi connectivity index (χ4n) is 2.73. The third kappa shape index (κ3) is 6.30. The van der Waals surface area contributed by atoms with Crippen molar-refractivity contribution in [1.82, 2.24) is 0 Å². The van der Waals surface area contributed by atoms with Crippen LogP contribution >= 0.6 is 46.4 Å². The van der Waals surface area contributed by atoms with E-state index in [1.54, 1.807) is 31.2 Å². The minimum absolute atomic E-state index is 0.0535. The maximum atomic E-state index is 12.5. The molecule has 0 heterocycles. The predicted octanol–water partition coefficient (Wildman–Crippen LogP) is 8.02. The van der Waals surface area contributed by atoms with Crippen LogP contribution in [0.4, 0.5) is 16.2 Å². The second-order valence-corrected chi connectivity index (χ2v) is 8.13. The van der Waals surface area contributed by atoms with Gasteiger partial charge in [-0.15, -0.1) is 0 Å². The number of halogens is 4. The van der Waals surface area contributed by atoms with Crippen LogP contribution in [0.15, 0.2) is 59.6 Å². The van der Waals surface area contributed by atoms with E-state index in [1.807, 2.05) is 0 Å². The molecule has 8 nitrogen and oxygen atoms in total.